The van der Waals surface area contributed by atoms with Gasteiger partial charge in [0, 0.05) is 43.2 Å². The first kappa shape index (κ1) is 29.6. The SMILES string of the molecule is CC(C)(C)OC(=O)N1CCC2(CC1)CN(c1ccc([C@@H]3c4ccc(OC(C)(C)C)cc4CC[C@@H]3c3ccccc3)cc1)C2. The third-order valence-electron chi connectivity index (χ3n) is 9.37. The van der Waals surface area contributed by atoms with Crippen molar-refractivity contribution in [1.29, 1.82) is 0 Å². The lowest BCUT2D eigenvalue weighted by Gasteiger charge is -2.55. The van der Waals surface area contributed by atoms with Gasteiger partial charge >= 0.3 is 6.09 Å². The number of likely N-dealkylation sites (tertiary alicyclic amines) is 1. The van der Waals surface area contributed by atoms with Gasteiger partial charge in [-0.25, -0.2) is 4.79 Å². The van der Waals surface area contributed by atoms with Gasteiger partial charge < -0.3 is 19.3 Å². The lowest BCUT2D eigenvalue weighted by Crippen LogP contribution is -2.61. The van der Waals surface area contributed by atoms with Crippen molar-refractivity contribution in [3.8, 4) is 5.75 Å². The Labute approximate surface area is 258 Å². The number of benzene rings is 3. The van der Waals surface area contributed by atoms with Crippen molar-refractivity contribution in [3.63, 3.8) is 0 Å². The highest BCUT2D eigenvalue weighted by atomic mass is 16.6. The fourth-order valence-electron chi connectivity index (χ4n) is 7.33. The molecule has 1 aliphatic carbocycles. The van der Waals surface area contributed by atoms with Crippen molar-refractivity contribution >= 4 is 11.8 Å². The smallest absolute Gasteiger partial charge is 0.410 e. The number of carbonyl (C=O) groups excluding carboxylic acids is 1. The predicted octanol–water partition coefficient (Wildman–Crippen LogP) is 8.56. The summed E-state index contributed by atoms with van der Waals surface area (Å²) in [5.74, 6) is 1.71. The molecule has 0 N–H and O–H groups in total. The van der Waals surface area contributed by atoms with Crippen LogP contribution >= 0.6 is 0 Å². The lowest BCUT2D eigenvalue weighted by atomic mass is 9.69. The third kappa shape index (κ3) is 6.56. The Morgan fingerprint density at radius 2 is 1.49 bits per heavy atom. The summed E-state index contributed by atoms with van der Waals surface area (Å²) in [6.45, 7) is 15.8. The molecule has 43 heavy (non-hydrogen) atoms. The van der Waals surface area contributed by atoms with Crippen molar-refractivity contribution in [3.05, 3.63) is 95.1 Å². The molecule has 5 heteroatoms. The maximum atomic E-state index is 12.5. The van der Waals surface area contributed by atoms with Crippen LogP contribution in [0.3, 0.4) is 0 Å². The zero-order valence-electron chi connectivity index (χ0n) is 26.9. The minimum absolute atomic E-state index is 0.176. The van der Waals surface area contributed by atoms with E-state index in [1.807, 2.05) is 25.7 Å². The van der Waals surface area contributed by atoms with E-state index in [4.69, 9.17) is 9.47 Å². The van der Waals surface area contributed by atoms with Crippen molar-refractivity contribution in [2.24, 2.45) is 5.41 Å². The van der Waals surface area contributed by atoms with Gasteiger partial charge in [-0.1, -0.05) is 48.5 Å². The molecule has 0 saturated carbocycles. The van der Waals surface area contributed by atoms with Crippen LogP contribution in [0.15, 0.2) is 72.8 Å². The second-order valence-electron chi connectivity index (χ2n) is 15.0. The number of carbonyl (C=O) groups is 1. The maximum Gasteiger partial charge on any atom is 0.410 e. The third-order valence-corrected chi connectivity index (χ3v) is 9.37. The summed E-state index contributed by atoms with van der Waals surface area (Å²) >= 11 is 0. The van der Waals surface area contributed by atoms with Crippen LogP contribution in [0, 0.1) is 5.41 Å². The molecule has 2 aliphatic heterocycles. The van der Waals surface area contributed by atoms with E-state index in [1.54, 1.807) is 0 Å². The molecule has 0 aromatic heterocycles. The largest absolute Gasteiger partial charge is 0.488 e. The van der Waals surface area contributed by atoms with Gasteiger partial charge in [0.25, 0.3) is 0 Å². The van der Waals surface area contributed by atoms with Crippen LogP contribution in [-0.2, 0) is 11.2 Å². The van der Waals surface area contributed by atoms with Crippen molar-refractivity contribution in [2.75, 3.05) is 31.1 Å². The fourth-order valence-corrected chi connectivity index (χ4v) is 7.33. The van der Waals surface area contributed by atoms with Crippen molar-refractivity contribution < 1.29 is 14.3 Å². The molecule has 228 valence electrons. The summed E-state index contributed by atoms with van der Waals surface area (Å²) in [5, 5.41) is 0. The molecule has 2 heterocycles. The van der Waals surface area contributed by atoms with E-state index in [-0.39, 0.29) is 11.7 Å². The van der Waals surface area contributed by atoms with Gasteiger partial charge in [0.15, 0.2) is 0 Å². The van der Waals surface area contributed by atoms with Gasteiger partial charge in [-0.05, 0) is 120 Å². The van der Waals surface area contributed by atoms with Crippen LogP contribution < -0.4 is 9.64 Å². The summed E-state index contributed by atoms with van der Waals surface area (Å²) in [7, 11) is 0. The van der Waals surface area contributed by atoms with E-state index in [0.29, 0.717) is 17.3 Å². The highest BCUT2D eigenvalue weighted by molar-refractivity contribution is 5.68. The van der Waals surface area contributed by atoms with E-state index in [1.165, 1.54) is 27.9 Å². The van der Waals surface area contributed by atoms with Gasteiger partial charge in [0.2, 0.25) is 0 Å². The summed E-state index contributed by atoms with van der Waals surface area (Å²) < 4.78 is 11.8. The minimum Gasteiger partial charge on any atom is -0.488 e. The van der Waals surface area contributed by atoms with Gasteiger partial charge in [0.1, 0.15) is 17.0 Å². The van der Waals surface area contributed by atoms with Crippen LogP contribution in [0.1, 0.15) is 94.9 Å². The quantitative estimate of drug-likeness (QED) is 0.310. The molecule has 3 aromatic rings. The summed E-state index contributed by atoms with van der Waals surface area (Å²) in [6, 6.07) is 27.2. The fraction of sp³-hybridized carbons (Fsp3) is 0.500. The van der Waals surface area contributed by atoms with Crippen LogP contribution in [0.4, 0.5) is 10.5 Å². The van der Waals surface area contributed by atoms with E-state index in [2.05, 4.69) is 98.5 Å². The molecule has 3 aliphatic rings. The zero-order chi connectivity index (χ0) is 30.4. The first-order chi connectivity index (χ1) is 20.4. The molecule has 2 atom stereocenters. The molecule has 0 unspecified atom stereocenters. The highest BCUT2D eigenvalue weighted by Crippen LogP contribution is 2.48. The molecule has 1 spiro atoms. The Balaban J connectivity index is 1.17. The number of aryl methyl sites for hydroxylation is 1. The van der Waals surface area contributed by atoms with E-state index >= 15 is 0 Å². The molecule has 0 bridgehead atoms. The second-order valence-corrected chi connectivity index (χ2v) is 15.0. The predicted molar refractivity (Wildman–Crippen MR) is 174 cm³/mol. The normalized spacial score (nSPS) is 21.6. The number of rotatable bonds is 4. The monoisotopic (exact) mass is 580 g/mol. The number of fused-ring (bicyclic) bond motifs is 1. The number of amides is 1. The van der Waals surface area contributed by atoms with E-state index < -0.39 is 5.60 Å². The van der Waals surface area contributed by atoms with Gasteiger partial charge in [0.05, 0.1) is 0 Å². The molecular formula is C38H48N2O3. The van der Waals surface area contributed by atoms with Crippen LogP contribution in [-0.4, -0.2) is 48.4 Å². The zero-order valence-corrected chi connectivity index (χ0v) is 26.9. The molecule has 3 aromatic carbocycles. The first-order valence-electron chi connectivity index (χ1n) is 16.1. The Morgan fingerprint density at radius 3 is 2.12 bits per heavy atom. The Morgan fingerprint density at radius 1 is 0.814 bits per heavy atom. The average Bonchev–Trinajstić information content (AvgIpc) is 2.94. The van der Waals surface area contributed by atoms with Gasteiger partial charge in [-0.2, -0.15) is 0 Å². The topological polar surface area (TPSA) is 42.0 Å². The number of ether oxygens (including phenoxy) is 2. The molecule has 1 amide bonds. The molecular weight excluding hydrogens is 532 g/mol. The van der Waals surface area contributed by atoms with E-state index in [0.717, 1.165) is 57.6 Å². The van der Waals surface area contributed by atoms with Crippen LogP contribution in [0.2, 0.25) is 0 Å². The molecule has 6 rings (SSSR count). The van der Waals surface area contributed by atoms with Crippen molar-refractivity contribution in [1.82, 2.24) is 4.90 Å². The number of piperidine rings is 1. The number of anilines is 1. The molecule has 5 nitrogen and oxygen atoms in total. The second kappa shape index (κ2) is 11.2. The lowest BCUT2D eigenvalue weighted by molar-refractivity contribution is 0.00598. The maximum absolute atomic E-state index is 12.5. The Kier molecular flexibility index (Phi) is 7.73. The summed E-state index contributed by atoms with van der Waals surface area (Å²) in [4.78, 5) is 16.9. The summed E-state index contributed by atoms with van der Waals surface area (Å²) in [6.07, 6.45) is 4.09. The standard InChI is InChI=1S/C38H48N2O3/c1-36(2,3)42-31-17-19-33-29(24-31)14-18-32(27-10-8-7-9-11-27)34(33)28-12-15-30(16-13-28)40-25-38(26-40)20-22-39(23-21-38)35(41)43-37(4,5)6/h7-13,15-17,19,24,32,34H,14,18,20-23,25-26H2,1-6H3/t32-,34+/m1/s1. The molecule has 2 fully saturated rings. The molecule has 2 saturated heterocycles. The van der Waals surface area contributed by atoms with Crippen LogP contribution in [0.5, 0.6) is 5.75 Å². The van der Waals surface area contributed by atoms with Crippen molar-refractivity contribution in [2.45, 2.75) is 90.3 Å². The number of hydrogen-bond acceptors (Lipinski definition) is 4. The van der Waals surface area contributed by atoms with Crippen LogP contribution in [0.25, 0.3) is 0 Å². The highest BCUT2D eigenvalue weighted by Gasteiger charge is 2.46. The van der Waals surface area contributed by atoms with E-state index in [9.17, 15) is 4.79 Å². The number of nitrogens with zero attached hydrogens (tertiary/aromatic N) is 2. The number of hydrogen-bond donors (Lipinski definition) is 0. The Bertz CT molecular complexity index is 1420. The average molecular weight is 581 g/mol. The minimum atomic E-state index is -0.448. The first-order valence-corrected chi connectivity index (χ1v) is 16.1. The van der Waals surface area contributed by atoms with Gasteiger partial charge in [-0.15, -0.1) is 0 Å². The summed E-state index contributed by atoms with van der Waals surface area (Å²) in [5.41, 5.74) is 6.57. The molecule has 0 radical (unpaired) electrons. The Hall–Kier alpha value is -3.47. The van der Waals surface area contributed by atoms with Gasteiger partial charge in [-0.3, -0.25) is 0 Å².